The molecule has 0 spiro atoms. The lowest BCUT2D eigenvalue weighted by Gasteiger charge is -2.27. The van der Waals surface area contributed by atoms with Crippen molar-refractivity contribution in [1.29, 1.82) is 0 Å². The number of carbonyl (C=O) groups is 2. The van der Waals surface area contributed by atoms with Gasteiger partial charge in [0.25, 0.3) is 5.91 Å². The number of carboxylic acid groups (broad SMARTS) is 1. The second-order valence-electron chi connectivity index (χ2n) is 8.56. The second kappa shape index (κ2) is 10.0. The van der Waals surface area contributed by atoms with Gasteiger partial charge in [0.1, 0.15) is 0 Å². The zero-order chi connectivity index (χ0) is 25.9. The molecule has 3 N–H and O–H groups in total. The van der Waals surface area contributed by atoms with Gasteiger partial charge < -0.3 is 14.8 Å². The number of carboxylic acids is 1. The highest BCUT2D eigenvalue weighted by atomic mass is 16.4. The lowest BCUT2D eigenvalue weighted by Crippen LogP contribution is -2.43. The number of nitrogens with zero attached hydrogens (tertiary/aromatic N) is 2. The number of aliphatic hydroxyl groups is 1. The topological polar surface area (TPSA) is 104 Å². The summed E-state index contributed by atoms with van der Waals surface area (Å²) in [7, 11) is 0. The van der Waals surface area contributed by atoms with Gasteiger partial charge in [-0.05, 0) is 55.7 Å². The van der Waals surface area contributed by atoms with Crippen LogP contribution < -0.4 is 5.43 Å². The number of benzene rings is 3. The van der Waals surface area contributed by atoms with E-state index in [-0.39, 0.29) is 5.56 Å². The first-order valence-electron chi connectivity index (χ1n) is 11.4. The Morgan fingerprint density at radius 3 is 2.03 bits per heavy atom. The zero-order valence-corrected chi connectivity index (χ0v) is 20.3. The van der Waals surface area contributed by atoms with Gasteiger partial charge in [0.05, 0.1) is 11.8 Å². The fourth-order valence-corrected chi connectivity index (χ4v) is 4.42. The Morgan fingerprint density at radius 1 is 0.889 bits per heavy atom. The molecule has 0 fully saturated rings. The fourth-order valence-electron chi connectivity index (χ4n) is 4.42. The lowest BCUT2D eigenvalue weighted by atomic mass is 9.85. The van der Waals surface area contributed by atoms with Gasteiger partial charge in [-0.15, -0.1) is 0 Å². The van der Waals surface area contributed by atoms with E-state index in [1.54, 1.807) is 67.6 Å². The largest absolute Gasteiger partial charge is 0.478 e. The monoisotopic (exact) mass is 481 g/mol. The molecule has 0 saturated heterocycles. The molecular formula is C29H27N3O4. The van der Waals surface area contributed by atoms with Gasteiger partial charge >= 0.3 is 5.97 Å². The first kappa shape index (κ1) is 24.6. The van der Waals surface area contributed by atoms with Crippen LogP contribution in [-0.4, -0.2) is 32.9 Å². The Bertz CT molecular complexity index is 1400. The lowest BCUT2D eigenvalue weighted by molar-refractivity contribution is -0.136. The summed E-state index contributed by atoms with van der Waals surface area (Å²) in [5.41, 5.74) is 5.54. The van der Waals surface area contributed by atoms with E-state index in [0.717, 1.165) is 22.6 Å². The van der Waals surface area contributed by atoms with Crippen molar-refractivity contribution in [1.82, 2.24) is 9.99 Å². The van der Waals surface area contributed by atoms with Gasteiger partial charge in [-0.1, -0.05) is 66.7 Å². The summed E-state index contributed by atoms with van der Waals surface area (Å²) >= 11 is 0. The predicted molar refractivity (Wildman–Crippen MR) is 139 cm³/mol. The van der Waals surface area contributed by atoms with E-state index in [9.17, 15) is 19.8 Å². The van der Waals surface area contributed by atoms with Gasteiger partial charge in [0.15, 0.2) is 5.60 Å². The Kier molecular flexibility index (Phi) is 6.85. The average molecular weight is 482 g/mol. The minimum atomic E-state index is -1.93. The molecule has 0 aliphatic heterocycles. The summed E-state index contributed by atoms with van der Waals surface area (Å²) in [6.07, 6.45) is 1.52. The highest BCUT2D eigenvalue weighted by Crippen LogP contribution is 2.30. The van der Waals surface area contributed by atoms with Crippen LogP contribution in [0.25, 0.3) is 5.69 Å². The van der Waals surface area contributed by atoms with Crippen molar-refractivity contribution < 1.29 is 19.8 Å². The van der Waals surface area contributed by atoms with Crippen LogP contribution in [0.1, 0.15) is 44.0 Å². The molecule has 182 valence electrons. The van der Waals surface area contributed by atoms with Crippen LogP contribution in [-0.2, 0) is 10.4 Å². The summed E-state index contributed by atoms with van der Waals surface area (Å²) in [6.45, 7) is 5.59. The van der Waals surface area contributed by atoms with Crippen molar-refractivity contribution in [2.75, 3.05) is 0 Å². The number of aromatic carboxylic acids is 1. The Labute approximate surface area is 209 Å². The second-order valence-corrected chi connectivity index (χ2v) is 8.56. The molecule has 0 saturated carbocycles. The van der Waals surface area contributed by atoms with Crippen molar-refractivity contribution in [2.24, 2.45) is 5.10 Å². The van der Waals surface area contributed by atoms with E-state index < -0.39 is 17.5 Å². The van der Waals surface area contributed by atoms with Crippen molar-refractivity contribution in [3.05, 3.63) is 124 Å². The van der Waals surface area contributed by atoms with Crippen LogP contribution in [0, 0.1) is 20.8 Å². The summed E-state index contributed by atoms with van der Waals surface area (Å²) < 4.78 is 1.95. The highest BCUT2D eigenvalue weighted by Gasteiger charge is 2.39. The van der Waals surface area contributed by atoms with Gasteiger partial charge in [0, 0.05) is 22.6 Å². The van der Waals surface area contributed by atoms with E-state index in [2.05, 4.69) is 10.5 Å². The summed E-state index contributed by atoms with van der Waals surface area (Å²) in [5, 5.41) is 25.2. The standard InChI is InChI=1S/C29H27N3O4/c1-19-17-22(21(3)32(19)26-16-10-15-25(20(26)2)27(33)34)18-30-31-28(35)29(36,23-11-6-4-7-12-23)24-13-8-5-9-14-24/h4-18,36H,1-3H3,(H,31,35)(H,33,34)/b30-18+. The van der Waals surface area contributed by atoms with Gasteiger partial charge in [-0.2, -0.15) is 5.10 Å². The molecule has 7 nitrogen and oxygen atoms in total. The van der Waals surface area contributed by atoms with E-state index in [1.807, 2.05) is 42.7 Å². The number of amides is 1. The van der Waals surface area contributed by atoms with Gasteiger partial charge in [0.2, 0.25) is 0 Å². The maximum absolute atomic E-state index is 13.2. The minimum Gasteiger partial charge on any atom is -0.478 e. The van der Waals surface area contributed by atoms with Crippen molar-refractivity contribution in [3.8, 4) is 5.69 Å². The molecule has 7 heteroatoms. The first-order valence-corrected chi connectivity index (χ1v) is 11.4. The SMILES string of the molecule is Cc1c(C(=O)O)cccc1-n1c(C)cc(/C=N/NC(=O)C(O)(c2ccccc2)c2ccccc2)c1C. The Morgan fingerprint density at radius 2 is 1.47 bits per heavy atom. The maximum Gasteiger partial charge on any atom is 0.336 e. The number of nitrogens with one attached hydrogen (secondary N) is 1. The molecule has 0 aliphatic rings. The van der Waals surface area contributed by atoms with Crippen LogP contribution in [0.2, 0.25) is 0 Å². The highest BCUT2D eigenvalue weighted by molar-refractivity contribution is 5.92. The summed E-state index contributed by atoms with van der Waals surface area (Å²) in [4.78, 5) is 24.8. The smallest absolute Gasteiger partial charge is 0.336 e. The van der Waals surface area contributed by atoms with Crippen LogP contribution in [0.4, 0.5) is 0 Å². The fraction of sp³-hybridized carbons (Fsp3) is 0.138. The number of hydrogen-bond donors (Lipinski definition) is 3. The molecule has 3 aromatic carbocycles. The first-order chi connectivity index (χ1) is 17.2. The number of aromatic nitrogens is 1. The van der Waals surface area contributed by atoms with E-state index in [1.165, 1.54) is 6.21 Å². The molecule has 0 aliphatic carbocycles. The molecule has 0 atom stereocenters. The number of aryl methyl sites for hydroxylation is 1. The molecule has 0 unspecified atom stereocenters. The molecule has 4 rings (SSSR count). The molecule has 1 aromatic heterocycles. The summed E-state index contributed by atoms with van der Waals surface area (Å²) in [6, 6.07) is 24.5. The van der Waals surface area contributed by atoms with Crippen LogP contribution >= 0.6 is 0 Å². The van der Waals surface area contributed by atoms with E-state index in [4.69, 9.17) is 0 Å². The van der Waals surface area contributed by atoms with E-state index in [0.29, 0.717) is 16.7 Å². The molecule has 1 amide bonds. The maximum atomic E-state index is 13.2. The number of hydrogen-bond acceptors (Lipinski definition) is 4. The molecular weight excluding hydrogens is 454 g/mol. The quantitative estimate of drug-likeness (QED) is 0.267. The third-order valence-corrected chi connectivity index (χ3v) is 6.33. The van der Waals surface area contributed by atoms with Crippen molar-refractivity contribution in [3.63, 3.8) is 0 Å². The third kappa shape index (κ3) is 4.44. The van der Waals surface area contributed by atoms with Crippen LogP contribution in [0.3, 0.4) is 0 Å². The number of carbonyl (C=O) groups excluding carboxylic acids is 1. The average Bonchev–Trinajstić information content (AvgIpc) is 3.17. The number of hydrazone groups is 1. The molecule has 0 bridgehead atoms. The predicted octanol–water partition coefficient (Wildman–Crippen LogP) is 4.49. The Hall–Kier alpha value is -4.49. The molecule has 0 radical (unpaired) electrons. The van der Waals surface area contributed by atoms with Gasteiger partial charge in [-0.25, -0.2) is 10.2 Å². The van der Waals surface area contributed by atoms with Crippen molar-refractivity contribution in [2.45, 2.75) is 26.4 Å². The molecule has 36 heavy (non-hydrogen) atoms. The van der Waals surface area contributed by atoms with Gasteiger partial charge in [-0.3, -0.25) is 4.79 Å². The normalized spacial score (nSPS) is 11.6. The Balaban J connectivity index is 1.64. The van der Waals surface area contributed by atoms with E-state index >= 15 is 0 Å². The molecule has 1 heterocycles. The third-order valence-electron chi connectivity index (χ3n) is 6.33. The summed E-state index contributed by atoms with van der Waals surface area (Å²) in [5.74, 6) is -1.67. The van der Waals surface area contributed by atoms with Crippen LogP contribution in [0.15, 0.2) is 90.0 Å². The zero-order valence-electron chi connectivity index (χ0n) is 20.3. The molecule has 4 aromatic rings. The number of rotatable bonds is 7. The van der Waals surface area contributed by atoms with Crippen LogP contribution in [0.5, 0.6) is 0 Å². The minimum absolute atomic E-state index is 0.239. The van der Waals surface area contributed by atoms with Crippen molar-refractivity contribution >= 4 is 18.1 Å².